The van der Waals surface area contributed by atoms with E-state index in [-0.39, 0.29) is 30.8 Å². The molecule has 0 aliphatic carbocycles. The van der Waals surface area contributed by atoms with Crippen LogP contribution in [-0.4, -0.2) is 61.6 Å². The van der Waals surface area contributed by atoms with Gasteiger partial charge in [-0.05, 0) is 18.8 Å². The normalized spacial score (nSPS) is 33.3. The number of fused-ring (bicyclic) bond motifs is 3. The highest BCUT2D eigenvalue weighted by Crippen LogP contribution is 2.36. The Morgan fingerprint density at radius 1 is 1.38 bits per heavy atom. The number of carbonyl (C=O) groups excluding carboxylic acids is 2. The van der Waals surface area contributed by atoms with Crippen molar-refractivity contribution in [2.75, 3.05) is 33.4 Å². The van der Waals surface area contributed by atoms with E-state index in [1.165, 1.54) is 0 Å². The van der Waals surface area contributed by atoms with E-state index in [1.807, 2.05) is 13.8 Å². The molecule has 21 heavy (non-hydrogen) atoms. The monoisotopic (exact) mass is 298 g/mol. The molecule has 0 aromatic heterocycles. The summed E-state index contributed by atoms with van der Waals surface area (Å²) in [6, 6.07) is -0.657. The first-order chi connectivity index (χ1) is 9.92. The van der Waals surface area contributed by atoms with Crippen LogP contribution in [0.2, 0.25) is 0 Å². The van der Waals surface area contributed by atoms with E-state index in [1.54, 1.807) is 7.11 Å². The zero-order chi connectivity index (χ0) is 15.6. The number of hydrogen-bond acceptors (Lipinski definition) is 6. The summed E-state index contributed by atoms with van der Waals surface area (Å²) in [5.41, 5.74) is 4.98. The Balaban J connectivity index is 2.09. The van der Waals surface area contributed by atoms with Crippen LogP contribution in [0.4, 0.5) is 0 Å². The number of nitrogens with two attached hydrogens (primary N) is 1. The quantitative estimate of drug-likeness (QED) is 0.705. The van der Waals surface area contributed by atoms with Gasteiger partial charge < -0.3 is 15.2 Å². The molecule has 3 rings (SSSR count). The Hall–Kier alpha value is -0.980. The van der Waals surface area contributed by atoms with Gasteiger partial charge in [0.1, 0.15) is 18.2 Å². The summed E-state index contributed by atoms with van der Waals surface area (Å²) < 4.78 is 10.6. The predicted octanol–water partition coefficient (Wildman–Crippen LogP) is 0.193. The Morgan fingerprint density at radius 2 is 2.00 bits per heavy atom. The third kappa shape index (κ3) is 2.98. The lowest BCUT2D eigenvalue weighted by atomic mass is 9.74. The van der Waals surface area contributed by atoms with Gasteiger partial charge in [0.2, 0.25) is 0 Å². The summed E-state index contributed by atoms with van der Waals surface area (Å²) in [6.07, 6.45) is 1.79. The van der Waals surface area contributed by atoms with Gasteiger partial charge in [0, 0.05) is 26.1 Å². The fourth-order valence-electron chi connectivity index (χ4n) is 3.27. The number of ether oxygens (including phenoxy) is 2. The number of hydrogen-bond donors (Lipinski definition) is 1. The smallest absolute Gasteiger partial charge is 0.323 e. The van der Waals surface area contributed by atoms with Crippen LogP contribution >= 0.6 is 0 Å². The third-order valence-corrected chi connectivity index (χ3v) is 4.76. The van der Waals surface area contributed by atoms with Gasteiger partial charge in [-0.2, -0.15) is 0 Å². The number of rotatable bonds is 6. The highest BCUT2D eigenvalue weighted by molar-refractivity contribution is 5.92. The molecule has 3 saturated heterocycles. The zero-order valence-corrected chi connectivity index (χ0v) is 13.1. The lowest BCUT2D eigenvalue weighted by Crippen LogP contribution is -2.69. The Bertz CT molecular complexity index is 404. The van der Waals surface area contributed by atoms with Gasteiger partial charge in [0.05, 0.1) is 6.61 Å². The molecule has 0 spiro atoms. The molecule has 2 atom stereocenters. The average molecular weight is 298 g/mol. The molecule has 0 saturated carbocycles. The zero-order valence-electron chi connectivity index (χ0n) is 13.1. The van der Waals surface area contributed by atoms with Crippen molar-refractivity contribution < 1.29 is 19.1 Å². The first-order valence-corrected chi connectivity index (χ1v) is 7.63. The minimum absolute atomic E-state index is 0.00897. The minimum atomic E-state index is -0.817. The highest BCUT2D eigenvalue weighted by atomic mass is 16.5. The summed E-state index contributed by atoms with van der Waals surface area (Å²) in [6.45, 7) is 5.74. The van der Waals surface area contributed by atoms with Crippen molar-refractivity contribution in [3.8, 4) is 0 Å². The predicted molar refractivity (Wildman–Crippen MR) is 77.7 cm³/mol. The molecule has 3 aliphatic rings. The van der Waals surface area contributed by atoms with E-state index in [0.717, 1.165) is 25.9 Å². The molecule has 120 valence electrons. The summed E-state index contributed by atoms with van der Waals surface area (Å²) >= 11 is 0. The van der Waals surface area contributed by atoms with Crippen molar-refractivity contribution in [2.45, 2.75) is 38.3 Å². The molecule has 3 heterocycles. The number of ketones is 1. The fraction of sp³-hybridized carbons (Fsp3) is 0.867. The van der Waals surface area contributed by atoms with Crippen LogP contribution in [0.25, 0.3) is 0 Å². The summed E-state index contributed by atoms with van der Waals surface area (Å²) in [5.74, 6) is -0.221. The minimum Gasteiger partial charge on any atom is -0.462 e. The molecule has 0 aromatic carbocycles. The second-order valence-electron chi connectivity index (χ2n) is 6.47. The average Bonchev–Trinajstić information content (AvgIpc) is 2.49. The molecule has 0 amide bonds. The van der Waals surface area contributed by atoms with Gasteiger partial charge in [0.25, 0.3) is 0 Å². The molecule has 3 fully saturated rings. The van der Waals surface area contributed by atoms with Gasteiger partial charge in [0.15, 0.2) is 5.78 Å². The summed E-state index contributed by atoms with van der Waals surface area (Å²) in [7, 11) is 1.57. The summed E-state index contributed by atoms with van der Waals surface area (Å²) in [5, 5.41) is 0. The molecule has 2 unspecified atom stereocenters. The number of piperidine rings is 3. The first kappa shape index (κ1) is 16.4. The lowest BCUT2D eigenvalue weighted by molar-refractivity contribution is -0.168. The van der Waals surface area contributed by atoms with Gasteiger partial charge >= 0.3 is 5.97 Å². The first-order valence-electron chi connectivity index (χ1n) is 7.63. The van der Waals surface area contributed by atoms with E-state index in [2.05, 4.69) is 4.90 Å². The van der Waals surface area contributed by atoms with Crippen LogP contribution < -0.4 is 5.73 Å². The van der Waals surface area contributed by atoms with Crippen LogP contribution in [0, 0.1) is 11.8 Å². The lowest BCUT2D eigenvalue weighted by Gasteiger charge is -2.51. The van der Waals surface area contributed by atoms with Crippen LogP contribution in [-0.2, 0) is 19.1 Å². The number of Topliss-reactive ketones (excluding diaryl/α,β-unsaturated/α-hetero) is 1. The van der Waals surface area contributed by atoms with Crippen molar-refractivity contribution >= 4 is 11.8 Å². The van der Waals surface area contributed by atoms with E-state index < -0.39 is 17.6 Å². The molecular formula is C15H26N2O4. The largest absolute Gasteiger partial charge is 0.462 e. The van der Waals surface area contributed by atoms with Crippen molar-refractivity contribution in [2.24, 2.45) is 17.6 Å². The number of carbonyl (C=O) groups is 2. The molecule has 0 radical (unpaired) electrons. The Morgan fingerprint density at radius 3 is 2.48 bits per heavy atom. The van der Waals surface area contributed by atoms with Crippen molar-refractivity contribution in [3.63, 3.8) is 0 Å². The van der Waals surface area contributed by atoms with Crippen LogP contribution in [0.3, 0.4) is 0 Å². The van der Waals surface area contributed by atoms with Crippen molar-refractivity contribution in [1.82, 2.24) is 4.90 Å². The molecule has 6 nitrogen and oxygen atoms in total. The summed E-state index contributed by atoms with van der Waals surface area (Å²) in [4.78, 5) is 26.7. The number of esters is 1. The second kappa shape index (κ2) is 6.42. The Kier molecular flexibility index (Phi) is 5.01. The highest BCUT2D eigenvalue weighted by Gasteiger charge is 2.54. The fourth-order valence-corrected chi connectivity index (χ4v) is 3.27. The maximum atomic E-state index is 12.7. The second-order valence-corrected chi connectivity index (χ2v) is 6.47. The van der Waals surface area contributed by atoms with E-state index >= 15 is 0 Å². The van der Waals surface area contributed by atoms with Crippen LogP contribution in [0.15, 0.2) is 0 Å². The number of methoxy groups -OCH3 is 1. The topological polar surface area (TPSA) is 81.9 Å². The van der Waals surface area contributed by atoms with Gasteiger partial charge in [-0.3, -0.25) is 14.5 Å². The van der Waals surface area contributed by atoms with Crippen LogP contribution in [0.1, 0.15) is 26.7 Å². The maximum absolute atomic E-state index is 12.7. The molecule has 6 heteroatoms. The van der Waals surface area contributed by atoms with Crippen molar-refractivity contribution in [1.29, 1.82) is 0 Å². The maximum Gasteiger partial charge on any atom is 0.323 e. The van der Waals surface area contributed by atoms with Gasteiger partial charge in [-0.1, -0.05) is 13.8 Å². The molecule has 0 aromatic rings. The number of nitrogens with zero attached hydrogens (tertiary/aromatic N) is 1. The van der Waals surface area contributed by atoms with E-state index in [9.17, 15) is 9.59 Å². The Labute approximate surface area is 125 Å². The van der Waals surface area contributed by atoms with Crippen molar-refractivity contribution in [3.05, 3.63) is 0 Å². The van der Waals surface area contributed by atoms with E-state index in [4.69, 9.17) is 15.2 Å². The van der Waals surface area contributed by atoms with Crippen LogP contribution in [0.5, 0.6) is 0 Å². The van der Waals surface area contributed by atoms with E-state index in [0.29, 0.717) is 0 Å². The molecule has 2 bridgehead atoms. The molecular weight excluding hydrogens is 272 g/mol. The molecule has 2 N–H and O–H groups in total. The SMILES string of the molecule is COCC1(COC(=O)C(N)C(C)C)C(=O)C2CCN1CC2. The molecule has 3 aliphatic heterocycles. The van der Waals surface area contributed by atoms with Gasteiger partial charge in [-0.25, -0.2) is 0 Å². The standard InChI is InChI=1S/C15H26N2O4/c1-10(2)12(16)14(19)21-9-15(8-20-3)13(18)11-4-6-17(15)7-5-11/h10-12H,4-9,16H2,1-3H3. The third-order valence-electron chi connectivity index (χ3n) is 4.76. The van der Waals surface area contributed by atoms with Gasteiger partial charge in [-0.15, -0.1) is 0 Å².